The highest BCUT2D eigenvalue weighted by atomic mass is 35.5. The monoisotopic (exact) mass is 305 g/mol. The van der Waals surface area contributed by atoms with Gasteiger partial charge in [0, 0.05) is 5.56 Å². The molecule has 0 aliphatic heterocycles. The molecule has 0 radical (unpaired) electrons. The van der Waals surface area contributed by atoms with Gasteiger partial charge in [-0.15, -0.1) is 15.3 Å². The first kappa shape index (κ1) is 12.9. The van der Waals surface area contributed by atoms with Gasteiger partial charge in [-0.1, -0.05) is 46.4 Å². The van der Waals surface area contributed by atoms with Gasteiger partial charge in [0.2, 0.25) is 5.13 Å². The minimum Gasteiger partial charge on any atom is -0.296 e. The van der Waals surface area contributed by atoms with Crippen molar-refractivity contribution in [2.75, 3.05) is 0 Å². The summed E-state index contributed by atoms with van der Waals surface area (Å²) in [7, 11) is 0. The number of carbonyl (C=O) groups excluding carboxylic acids is 1. The van der Waals surface area contributed by atoms with E-state index in [0.717, 1.165) is 5.01 Å². The summed E-state index contributed by atoms with van der Waals surface area (Å²) in [5, 5.41) is 17.7. The Morgan fingerprint density at radius 1 is 1.25 bits per heavy atom. The molecule has 0 saturated heterocycles. The summed E-state index contributed by atoms with van der Waals surface area (Å²) in [6.07, 6.45) is 0.649. The average Bonchev–Trinajstić information content (AvgIpc) is 3.05. The fraction of sp³-hybridized carbons (Fsp3) is 0.0833. The summed E-state index contributed by atoms with van der Waals surface area (Å²) in [5.74, 6) is 0. The molecule has 1 aromatic carbocycles. The molecule has 0 amide bonds. The normalized spacial score (nSPS) is 10.7. The van der Waals surface area contributed by atoms with Crippen molar-refractivity contribution in [3.63, 3.8) is 0 Å². The predicted molar refractivity (Wildman–Crippen MR) is 75.4 cm³/mol. The molecular weight excluding hydrogens is 298 g/mol. The fourth-order valence-electron chi connectivity index (χ4n) is 1.78. The van der Waals surface area contributed by atoms with Crippen molar-refractivity contribution >= 4 is 29.2 Å². The van der Waals surface area contributed by atoms with Crippen LogP contribution in [-0.2, 0) is 0 Å². The van der Waals surface area contributed by atoms with E-state index in [1.165, 1.54) is 16.0 Å². The third kappa shape index (κ3) is 2.10. The number of hydrogen-bond acceptors (Lipinski definition) is 6. The second-order valence-electron chi connectivity index (χ2n) is 3.94. The van der Waals surface area contributed by atoms with Gasteiger partial charge in [0.05, 0.1) is 5.02 Å². The SMILES string of the molecule is Cc1nnc(-n2nnc(C=O)c2-c2ccccc2Cl)s1. The summed E-state index contributed by atoms with van der Waals surface area (Å²) >= 11 is 7.55. The second-order valence-corrected chi connectivity index (χ2v) is 5.50. The van der Waals surface area contributed by atoms with E-state index in [0.29, 0.717) is 27.7 Å². The molecule has 0 saturated carbocycles. The topological polar surface area (TPSA) is 73.6 Å². The van der Waals surface area contributed by atoms with Crippen LogP contribution < -0.4 is 0 Å². The van der Waals surface area contributed by atoms with E-state index in [4.69, 9.17) is 11.6 Å². The van der Waals surface area contributed by atoms with Crippen LogP contribution in [0.2, 0.25) is 5.02 Å². The number of benzene rings is 1. The van der Waals surface area contributed by atoms with Gasteiger partial charge in [-0.2, -0.15) is 4.68 Å². The molecule has 2 aromatic heterocycles. The lowest BCUT2D eigenvalue weighted by Gasteiger charge is -2.05. The van der Waals surface area contributed by atoms with E-state index >= 15 is 0 Å². The van der Waals surface area contributed by atoms with Gasteiger partial charge in [0.15, 0.2) is 12.0 Å². The lowest BCUT2D eigenvalue weighted by atomic mass is 10.1. The van der Waals surface area contributed by atoms with Crippen LogP contribution in [-0.4, -0.2) is 31.5 Å². The van der Waals surface area contributed by atoms with E-state index in [9.17, 15) is 4.79 Å². The van der Waals surface area contributed by atoms with E-state index in [1.807, 2.05) is 19.1 Å². The molecule has 3 rings (SSSR count). The number of rotatable bonds is 3. The third-order valence-corrected chi connectivity index (χ3v) is 3.78. The summed E-state index contributed by atoms with van der Waals surface area (Å²) in [5.41, 5.74) is 1.40. The first-order valence-corrected chi connectivity index (χ1v) is 6.86. The van der Waals surface area contributed by atoms with Crippen molar-refractivity contribution in [1.29, 1.82) is 0 Å². The minimum atomic E-state index is 0.214. The van der Waals surface area contributed by atoms with Crippen LogP contribution in [0.5, 0.6) is 0 Å². The number of aromatic nitrogens is 5. The molecule has 6 nitrogen and oxygen atoms in total. The first-order valence-electron chi connectivity index (χ1n) is 5.67. The number of aryl methyl sites for hydroxylation is 1. The van der Waals surface area contributed by atoms with Crippen molar-refractivity contribution in [2.45, 2.75) is 6.92 Å². The van der Waals surface area contributed by atoms with Crippen molar-refractivity contribution in [3.05, 3.63) is 40.0 Å². The first-order chi connectivity index (χ1) is 9.70. The number of halogens is 1. The van der Waals surface area contributed by atoms with Gasteiger partial charge < -0.3 is 0 Å². The maximum atomic E-state index is 11.2. The van der Waals surface area contributed by atoms with Gasteiger partial charge in [0.1, 0.15) is 10.7 Å². The Morgan fingerprint density at radius 2 is 2.05 bits per heavy atom. The van der Waals surface area contributed by atoms with Gasteiger partial charge in [-0.05, 0) is 13.0 Å². The second kappa shape index (κ2) is 5.10. The lowest BCUT2D eigenvalue weighted by molar-refractivity contribution is 0.111. The molecule has 100 valence electrons. The van der Waals surface area contributed by atoms with E-state index in [2.05, 4.69) is 20.5 Å². The molecule has 0 unspecified atom stereocenters. The van der Waals surface area contributed by atoms with Gasteiger partial charge >= 0.3 is 0 Å². The zero-order valence-electron chi connectivity index (χ0n) is 10.3. The molecule has 0 N–H and O–H groups in total. The zero-order chi connectivity index (χ0) is 14.1. The molecule has 0 atom stereocenters. The zero-order valence-corrected chi connectivity index (χ0v) is 11.9. The van der Waals surface area contributed by atoms with Crippen molar-refractivity contribution in [2.24, 2.45) is 0 Å². The smallest absolute Gasteiger partial charge is 0.234 e. The minimum absolute atomic E-state index is 0.214. The van der Waals surface area contributed by atoms with Crippen LogP contribution in [0.25, 0.3) is 16.4 Å². The Labute approximate surface area is 123 Å². The number of carbonyl (C=O) groups is 1. The summed E-state index contributed by atoms with van der Waals surface area (Å²) in [6.45, 7) is 1.84. The average molecular weight is 306 g/mol. The van der Waals surface area contributed by atoms with Crippen molar-refractivity contribution in [3.8, 4) is 16.4 Å². The summed E-state index contributed by atoms with van der Waals surface area (Å²) < 4.78 is 1.48. The van der Waals surface area contributed by atoms with Crippen LogP contribution in [0.1, 0.15) is 15.5 Å². The quantitative estimate of drug-likeness (QED) is 0.695. The molecule has 8 heteroatoms. The van der Waals surface area contributed by atoms with E-state index in [-0.39, 0.29) is 5.69 Å². The maximum Gasteiger partial charge on any atom is 0.234 e. The fourth-order valence-corrected chi connectivity index (χ4v) is 2.65. The molecular formula is C12H8ClN5OS. The Morgan fingerprint density at radius 3 is 2.70 bits per heavy atom. The highest BCUT2D eigenvalue weighted by molar-refractivity contribution is 7.13. The standard InChI is InChI=1S/C12H8ClN5OS/c1-7-14-16-12(20-7)18-11(10(6-19)15-17-18)8-4-2-3-5-9(8)13/h2-6H,1H3. The van der Waals surface area contributed by atoms with Gasteiger partial charge in [0.25, 0.3) is 0 Å². The van der Waals surface area contributed by atoms with E-state index in [1.54, 1.807) is 12.1 Å². The predicted octanol–water partition coefficient (Wildman–Crippen LogP) is 2.56. The van der Waals surface area contributed by atoms with Crippen LogP contribution >= 0.6 is 22.9 Å². The van der Waals surface area contributed by atoms with Gasteiger partial charge in [-0.25, -0.2) is 0 Å². The molecule has 20 heavy (non-hydrogen) atoms. The third-order valence-electron chi connectivity index (χ3n) is 2.63. The molecule has 0 bridgehead atoms. The van der Waals surface area contributed by atoms with Gasteiger partial charge in [-0.3, -0.25) is 4.79 Å². The summed E-state index contributed by atoms with van der Waals surface area (Å²) in [4.78, 5) is 11.2. The molecule has 0 aliphatic carbocycles. The molecule has 0 aliphatic rings. The Kier molecular flexibility index (Phi) is 3.29. The van der Waals surface area contributed by atoms with Crippen LogP contribution in [0.4, 0.5) is 0 Å². The summed E-state index contributed by atoms with van der Waals surface area (Å²) in [6, 6.07) is 7.20. The number of aldehydes is 1. The molecule has 0 fully saturated rings. The van der Waals surface area contributed by atoms with E-state index < -0.39 is 0 Å². The molecule has 3 aromatic rings. The maximum absolute atomic E-state index is 11.2. The van der Waals surface area contributed by atoms with Crippen LogP contribution in [0.3, 0.4) is 0 Å². The Hall–Kier alpha value is -2.12. The molecule has 0 spiro atoms. The highest BCUT2D eigenvalue weighted by Crippen LogP contribution is 2.31. The van der Waals surface area contributed by atoms with Crippen LogP contribution in [0.15, 0.2) is 24.3 Å². The number of nitrogens with zero attached hydrogens (tertiary/aromatic N) is 5. The van der Waals surface area contributed by atoms with Crippen molar-refractivity contribution in [1.82, 2.24) is 25.2 Å². The Bertz CT molecular complexity index is 782. The van der Waals surface area contributed by atoms with Crippen LogP contribution in [0, 0.1) is 6.92 Å². The highest BCUT2D eigenvalue weighted by Gasteiger charge is 2.19. The number of hydrogen-bond donors (Lipinski definition) is 0. The largest absolute Gasteiger partial charge is 0.296 e. The molecule has 2 heterocycles. The van der Waals surface area contributed by atoms with Crippen molar-refractivity contribution < 1.29 is 4.79 Å². The Balaban J connectivity index is 2.26. The lowest BCUT2D eigenvalue weighted by Crippen LogP contribution is -2.00.